The number of aromatic nitrogens is 4. The first-order valence-electron chi connectivity index (χ1n) is 12.7. The van der Waals surface area contributed by atoms with Crippen LogP contribution < -0.4 is 10.2 Å². The van der Waals surface area contributed by atoms with E-state index in [-0.39, 0.29) is 23.4 Å². The number of ether oxygens (including phenoxy) is 1. The second-order valence-corrected chi connectivity index (χ2v) is 12.2. The second-order valence-electron chi connectivity index (χ2n) is 11.2. The van der Waals surface area contributed by atoms with Crippen LogP contribution in [0.4, 0.5) is 15.0 Å². The normalized spacial score (nSPS) is 22.8. The number of amides is 1. The van der Waals surface area contributed by atoms with E-state index in [1.54, 1.807) is 6.07 Å². The van der Waals surface area contributed by atoms with Crippen molar-refractivity contribution in [2.75, 3.05) is 24.6 Å². The summed E-state index contributed by atoms with van der Waals surface area (Å²) in [5.41, 5.74) is 2.56. The maximum Gasteiger partial charge on any atom is 0.405 e. The summed E-state index contributed by atoms with van der Waals surface area (Å²) in [6.07, 6.45) is 4.60. The molecule has 0 radical (unpaired) electrons. The Labute approximate surface area is 227 Å². The molecule has 1 aromatic carbocycles. The van der Waals surface area contributed by atoms with Crippen LogP contribution in [0.2, 0.25) is 0 Å². The molecule has 2 fully saturated rings. The maximum absolute atomic E-state index is 14.9. The van der Waals surface area contributed by atoms with Crippen LogP contribution in [0.25, 0.3) is 11.2 Å². The number of hydrogen-bond donors (Lipinski definition) is 2. The van der Waals surface area contributed by atoms with Crippen molar-refractivity contribution in [3.8, 4) is 0 Å². The van der Waals surface area contributed by atoms with Crippen molar-refractivity contribution in [3.63, 3.8) is 0 Å². The second kappa shape index (κ2) is 9.04. The molecule has 1 amide bonds. The molecule has 9 nitrogen and oxygen atoms in total. The van der Waals surface area contributed by atoms with Gasteiger partial charge in [-0.25, -0.2) is 23.8 Å². The molecule has 2 saturated heterocycles. The molecule has 196 valence electrons. The minimum absolute atomic E-state index is 0.0644. The monoisotopic (exact) mass is 620 g/mol. The Bertz CT molecular complexity index is 1370. The van der Waals surface area contributed by atoms with Crippen molar-refractivity contribution in [1.29, 1.82) is 0 Å². The van der Waals surface area contributed by atoms with Gasteiger partial charge < -0.3 is 20.1 Å². The van der Waals surface area contributed by atoms with E-state index in [1.165, 1.54) is 6.07 Å². The molecular weight excluding hydrogens is 590 g/mol. The largest absolute Gasteiger partial charge is 0.465 e. The van der Waals surface area contributed by atoms with Crippen molar-refractivity contribution >= 4 is 45.7 Å². The van der Waals surface area contributed by atoms with Gasteiger partial charge in [0, 0.05) is 25.0 Å². The molecule has 0 saturated carbocycles. The number of carbonyl (C=O) groups is 1. The Morgan fingerprint density at radius 2 is 2.11 bits per heavy atom. The summed E-state index contributed by atoms with van der Waals surface area (Å²) in [5.74, 6) is 0.711. The number of piperidine rings is 1. The van der Waals surface area contributed by atoms with E-state index in [2.05, 4.69) is 42.9 Å². The molecule has 3 aromatic rings. The molecule has 37 heavy (non-hydrogen) atoms. The Morgan fingerprint density at radius 1 is 1.35 bits per heavy atom. The summed E-state index contributed by atoms with van der Waals surface area (Å²) in [6, 6.07) is 5.33. The lowest BCUT2D eigenvalue weighted by Gasteiger charge is -2.45. The standard InChI is InChI=1S/C26H30FIN6O3/c1-25(2,31-24(35)36)13-17-15-4-3-5-18(27)16(15)12-26(17)7-9-33(10-8-26)19-14-29-21-22(28)32-34(23(21)30-19)20-6-11-37-20/h3-5,14,17,20,31H,6-13H2,1-2H3,(H,35,36)/t17-,20?/m1/s1. The zero-order chi connectivity index (χ0) is 25.9. The topological polar surface area (TPSA) is 105 Å². The molecular formula is C26H30FIN6O3. The third-order valence-electron chi connectivity index (χ3n) is 8.34. The van der Waals surface area contributed by atoms with Gasteiger partial charge in [-0.05, 0) is 90.6 Å². The lowest BCUT2D eigenvalue weighted by atomic mass is 9.66. The van der Waals surface area contributed by atoms with Crippen LogP contribution in [-0.2, 0) is 11.2 Å². The Hall–Kier alpha value is -2.54. The average Bonchev–Trinajstić information content (AvgIpc) is 3.28. The summed E-state index contributed by atoms with van der Waals surface area (Å²) in [7, 11) is 0. The molecule has 2 N–H and O–H groups in total. The van der Waals surface area contributed by atoms with E-state index in [9.17, 15) is 14.3 Å². The summed E-state index contributed by atoms with van der Waals surface area (Å²) in [4.78, 5) is 23.3. The fourth-order valence-electron chi connectivity index (χ4n) is 6.41. The van der Waals surface area contributed by atoms with Crippen LogP contribution in [0, 0.1) is 14.9 Å². The number of fused-ring (bicyclic) bond motifs is 2. The zero-order valence-corrected chi connectivity index (χ0v) is 23.0. The number of nitrogens with zero attached hydrogens (tertiary/aromatic N) is 5. The molecule has 1 spiro atoms. The van der Waals surface area contributed by atoms with Crippen LogP contribution in [0.1, 0.15) is 62.8 Å². The van der Waals surface area contributed by atoms with Crippen molar-refractivity contribution in [2.24, 2.45) is 5.41 Å². The molecule has 6 rings (SSSR count). The van der Waals surface area contributed by atoms with Crippen molar-refractivity contribution in [3.05, 3.63) is 45.0 Å². The summed E-state index contributed by atoms with van der Waals surface area (Å²) in [5, 5.41) is 16.6. The molecule has 2 aliphatic heterocycles. The number of anilines is 1. The lowest BCUT2D eigenvalue weighted by Crippen LogP contribution is -2.48. The molecule has 11 heteroatoms. The van der Waals surface area contributed by atoms with Gasteiger partial charge in [0.1, 0.15) is 17.2 Å². The van der Waals surface area contributed by atoms with Crippen LogP contribution in [0.15, 0.2) is 24.4 Å². The highest BCUT2D eigenvalue weighted by Crippen LogP contribution is 2.56. The first kappa shape index (κ1) is 24.8. The summed E-state index contributed by atoms with van der Waals surface area (Å²) >= 11 is 2.19. The van der Waals surface area contributed by atoms with Crippen LogP contribution >= 0.6 is 22.6 Å². The van der Waals surface area contributed by atoms with E-state index in [0.29, 0.717) is 12.8 Å². The van der Waals surface area contributed by atoms with Crippen molar-refractivity contribution < 1.29 is 19.0 Å². The molecule has 0 bridgehead atoms. The number of hydrogen-bond acceptors (Lipinski definition) is 6. The molecule has 2 aromatic heterocycles. The highest BCUT2D eigenvalue weighted by atomic mass is 127. The summed E-state index contributed by atoms with van der Waals surface area (Å²) in [6.45, 7) is 6.08. The Balaban J connectivity index is 1.27. The average molecular weight is 620 g/mol. The van der Waals surface area contributed by atoms with Crippen LogP contribution in [0.5, 0.6) is 0 Å². The van der Waals surface area contributed by atoms with Gasteiger partial charge in [0.2, 0.25) is 0 Å². The third kappa shape index (κ3) is 4.33. The van der Waals surface area contributed by atoms with Crippen molar-refractivity contribution in [2.45, 2.75) is 63.6 Å². The predicted octanol–water partition coefficient (Wildman–Crippen LogP) is 4.85. The predicted molar refractivity (Wildman–Crippen MR) is 144 cm³/mol. The van der Waals surface area contributed by atoms with Gasteiger partial charge in [-0.2, -0.15) is 5.10 Å². The molecule has 2 atom stereocenters. The number of benzene rings is 1. The van der Waals surface area contributed by atoms with E-state index in [0.717, 1.165) is 70.8 Å². The zero-order valence-electron chi connectivity index (χ0n) is 20.9. The summed E-state index contributed by atoms with van der Waals surface area (Å²) < 4.78 is 23.2. The van der Waals surface area contributed by atoms with E-state index >= 15 is 0 Å². The Kier molecular flexibility index (Phi) is 6.05. The number of halogens is 2. The molecule has 1 unspecified atom stereocenters. The van der Waals surface area contributed by atoms with Gasteiger partial charge in [-0.3, -0.25) is 0 Å². The SMILES string of the molecule is CC(C)(C[C@@H]1c2cccc(F)c2CC12CCN(c1cnc3c(I)nn(C4CCO4)c3n1)CC2)NC(=O)O. The minimum Gasteiger partial charge on any atom is -0.465 e. The van der Waals surface area contributed by atoms with Crippen LogP contribution in [-0.4, -0.2) is 56.2 Å². The van der Waals surface area contributed by atoms with Crippen LogP contribution in [0.3, 0.4) is 0 Å². The van der Waals surface area contributed by atoms with E-state index in [1.807, 2.05) is 30.8 Å². The van der Waals surface area contributed by atoms with E-state index in [4.69, 9.17) is 9.72 Å². The van der Waals surface area contributed by atoms with Crippen molar-refractivity contribution in [1.82, 2.24) is 25.1 Å². The third-order valence-corrected chi connectivity index (χ3v) is 9.07. The van der Waals surface area contributed by atoms with Gasteiger partial charge in [0.25, 0.3) is 0 Å². The highest BCUT2D eigenvalue weighted by molar-refractivity contribution is 14.1. The van der Waals surface area contributed by atoms with Gasteiger partial charge in [-0.15, -0.1) is 0 Å². The molecule has 1 aliphatic carbocycles. The number of carboxylic acid groups (broad SMARTS) is 1. The van der Waals surface area contributed by atoms with E-state index < -0.39 is 11.6 Å². The quantitative estimate of drug-likeness (QED) is 0.393. The lowest BCUT2D eigenvalue weighted by molar-refractivity contribution is -0.104. The smallest absolute Gasteiger partial charge is 0.405 e. The van der Waals surface area contributed by atoms with Gasteiger partial charge in [-0.1, -0.05) is 12.1 Å². The molecule has 3 aliphatic rings. The molecule has 4 heterocycles. The maximum atomic E-state index is 14.9. The minimum atomic E-state index is -1.04. The highest BCUT2D eigenvalue weighted by Gasteiger charge is 2.50. The number of nitrogens with one attached hydrogen (secondary N) is 1. The van der Waals surface area contributed by atoms with Gasteiger partial charge in [0.05, 0.1) is 12.8 Å². The first-order valence-corrected chi connectivity index (χ1v) is 13.8. The first-order chi connectivity index (χ1) is 17.7. The number of rotatable bonds is 5. The Morgan fingerprint density at radius 3 is 2.78 bits per heavy atom. The van der Waals surface area contributed by atoms with Gasteiger partial charge in [0.15, 0.2) is 15.6 Å². The fourth-order valence-corrected chi connectivity index (χ4v) is 7.02. The van der Waals surface area contributed by atoms with Gasteiger partial charge >= 0.3 is 6.09 Å². The fraction of sp³-hybridized carbons (Fsp3) is 0.538.